The maximum absolute atomic E-state index is 4.79. The van der Waals surface area contributed by atoms with Crippen LogP contribution in [0, 0.1) is 6.92 Å². The molecule has 0 saturated carbocycles. The molecule has 2 aromatic carbocycles. The molecule has 0 amide bonds. The first-order chi connectivity index (χ1) is 14.8. The second-order valence-electron chi connectivity index (χ2n) is 7.84. The molecule has 2 aromatic heterocycles. The Morgan fingerprint density at radius 1 is 0.600 bits per heavy atom. The van der Waals surface area contributed by atoms with E-state index in [1.54, 1.807) is 0 Å². The average molecular weight is 393 g/mol. The summed E-state index contributed by atoms with van der Waals surface area (Å²) in [6.45, 7) is 2.05. The normalized spacial score (nSPS) is 10.8. The smallest absolute Gasteiger partial charge is 0.0712 e. The molecule has 0 radical (unpaired) electrons. The van der Waals surface area contributed by atoms with Gasteiger partial charge in [0.2, 0.25) is 0 Å². The van der Waals surface area contributed by atoms with Crippen molar-refractivity contribution in [3.8, 4) is 22.5 Å². The van der Waals surface area contributed by atoms with E-state index in [9.17, 15) is 0 Å². The van der Waals surface area contributed by atoms with Gasteiger partial charge in [-0.05, 0) is 74.1 Å². The van der Waals surface area contributed by atoms with Crippen LogP contribution in [-0.4, -0.2) is 9.97 Å². The molecule has 4 aromatic rings. The molecule has 0 N–H and O–H groups in total. The Labute approximate surface area is 179 Å². The summed E-state index contributed by atoms with van der Waals surface area (Å²) in [6.07, 6.45) is 7.84. The number of hydrogen-bond acceptors (Lipinski definition) is 2. The van der Waals surface area contributed by atoms with E-state index in [4.69, 9.17) is 4.98 Å². The monoisotopic (exact) mass is 392 g/mol. The van der Waals surface area contributed by atoms with E-state index in [1.165, 1.54) is 42.4 Å². The molecule has 4 rings (SSSR count). The number of aromatic nitrogens is 2. The minimum atomic E-state index is 0.985. The third-order valence-electron chi connectivity index (χ3n) is 5.41. The lowest BCUT2D eigenvalue weighted by molar-refractivity contribution is 0.678. The van der Waals surface area contributed by atoms with Crippen molar-refractivity contribution in [3.63, 3.8) is 0 Å². The van der Waals surface area contributed by atoms with Crippen molar-refractivity contribution in [2.24, 2.45) is 0 Å². The number of aryl methyl sites for hydroxylation is 3. The fourth-order valence-electron chi connectivity index (χ4n) is 3.86. The van der Waals surface area contributed by atoms with Crippen LogP contribution in [-0.2, 0) is 12.8 Å². The number of benzene rings is 2. The Bertz CT molecular complexity index is 1070. The third-order valence-corrected chi connectivity index (χ3v) is 5.41. The van der Waals surface area contributed by atoms with E-state index in [2.05, 4.69) is 71.7 Å². The largest absolute Gasteiger partial charge is 0.256 e. The number of unbranched alkanes of at least 4 members (excludes halogenated alkanes) is 2. The minimum absolute atomic E-state index is 0.985. The molecule has 2 heteroatoms. The van der Waals surface area contributed by atoms with E-state index in [1.807, 2.05) is 31.3 Å². The van der Waals surface area contributed by atoms with Crippen LogP contribution < -0.4 is 0 Å². The fourth-order valence-corrected chi connectivity index (χ4v) is 3.86. The molecule has 150 valence electrons. The van der Waals surface area contributed by atoms with Crippen LogP contribution in [0.4, 0.5) is 0 Å². The third kappa shape index (κ3) is 5.42. The molecular formula is C28H28N2. The van der Waals surface area contributed by atoms with Gasteiger partial charge in [0.25, 0.3) is 0 Å². The highest BCUT2D eigenvalue weighted by Gasteiger charge is 2.07. The standard InChI is InChI=1S/C28H28N2/c1-22-19-26(27-17-8-9-18-29-27)21-28(30-22)25-16-10-15-24(20-25)14-7-3-6-13-23-11-4-2-5-12-23/h2,4-5,8-12,15-21H,3,6-7,13-14H2,1H3. The Morgan fingerprint density at radius 2 is 1.37 bits per heavy atom. The average Bonchev–Trinajstić information content (AvgIpc) is 2.80. The zero-order valence-electron chi connectivity index (χ0n) is 17.6. The summed E-state index contributed by atoms with van der Waals surface area (Å²) in [7, 11) is 0. The lowest BCUT2D eigenvalue weighted by Gasteiger charge is -2.09. The number of rotatable bonds is 8. The zero-order chi connectivity index (χ0) is 20.6. The molecule has 0 unspecified atom stereocenters. The molecular weight excluding hydrogens is 364 g/mol. The summed E-state index contributed by atoms with van der Waals surface area (Å²) in [5, 5.41) is 0. The summed E-state index contributed by atoms with van der Waals surface area (Å²) in [6, 6.07) is 29.9. The van der Waals surface area contributed by atoms with E-state index in [0.29, 0.717) is 0 Å². The Hall–Kier alpha value is -3.26. The number of pyridine rings is 2. The van der Waals surface area contributed by atoms with Gasteiger partial charge in [0, 0.05) is 23.0 Å². The van der Waals surface area contributed by atoms with Gasteiger partial charge in [-0.3, -0.25) is 9.97 Å². The van der Waals surface area contributed by atoms with Crippen LogP contribution >= 0.6 is 0 Å². The highest BCUT2D eigenvalue weighted by Crippen LogP contribution is 2.26. The van der Waals surface area contributed by atoms with E-state index in [-0.39, 0.29) is 0 Å². The molecule has 0 aliphatic carbocycles. The lowest BCUT2D eigenvalue weighted by atomic mass is 10.00. The highest BCUT2D eigenvalue weighted by molar-refractivity contribution is 5.69. The second-order valence-corrected chi connectivity index (χ2v) is 7.84. The van der Waals surface area contributed by atoms with Crippen LogP contribution in [0.15, 0.2) is 91.1 Å². The van der Waals surface area contributed by atoms with E-state index in [0.717, 1.165) is 29.1 Å². The van der Waals surface area contributed by atoms with Crippen LogP contribution in [0.5, 0.6) is 0 Å². The molecule has 0 aliphatic rings. The summed E-state index contributed by atoms with van der Waals surface area (Å²) >= 11 is 0. The summed E-state index contributed by atoms with van der Waals surface area (Å²) in [5.74, 6) is 0. The van der Waals surface area contributed by atoms with Gasteiger partial charge in [0.15, 0.2) is 0 Å². The van der Waals surface area contributed by atoms with Crippen LogP contribution in [0.25, 0.3) is 22.5 Å². The van der Waals surface area contributed by atoms with Crippen molar-refractivity contribution in [3.05, 3.63) is 108 Å². The maximum Gasteiger partial charge on any atom is 0.0712 e. The van der Waals surface area contributed by atoms with Gasteiger partial charge in [0.05, 0.1) is 11.4 Å². The molecule has 0 fully saturated rings. The lowest BCUT2D eigenvalue weighted by Crippen LogP contribution is -1.93. The summed E-state index contributed by atoms with van der Waals surface area (Å²) < 4.78 is 0. The summed E-state index contributed by atoms with van der Waals surface area (Å²) in [5.41, 5.74) is 8.13. The Morgan fingerprint density at radius 3 is 2.17 bits per heavy atom. The summed E-state index contributed by atoms with van der Waals surface area (Å²) in [4.78, 5) is 9.28. The topological polar surface area (TPSA) is 25.8 Å². The zero-order valence-corrected chi connectivity index (χ0v) is 17.6. The van der Waals surface area contributed by atoms with Crippen LogP contribution in [0.2, 0.25) is 0 Å². The van der Waals surface area contributed by atoms with Gasteiger partial charge in [0.1, 0.15) is 0 Å². The molecule has 0 saturated heterocycles. The first-order valence-corrected chi connectivity index (χ1v) is 10.8. The van der Waals surface area contributed by atoms with Gasteiger partial charge in [-0.25, -0.2) is 0 Å². The Balaban J connectivity index is 1.40. The minimum Gasteiger partial charge on any atom is -0.256 e. The molecule has 0 atom stereocenters. The molecule has 2 heterocycles. The highest BCUT2D eigenvalue weighted by atomic mass is 14.7. The van der Waals surface area contributed by atoms with Gasteiger partial charge in [-0.2, -0.15) is 0 Å². The predicted octanol–water partition coefficient (Wildman–Crippen LogP) is 7.07. The van der Waals surface area contributed by atoms with Crippen molar-refractivity contribution in [1.82, 2.24) is 9.97 Å². The van der Waals surface area contributed by atoms with Gasteiger partial charge >= 0.3 is 0 Å². The fraction of sp³-hybridized carbons (Fsp3) is 0.214. The molecule has 0 spiro atoms. The van der Waals surface area contributed by atoms with Crippen LogP contribution in [0.3, 0.4) is 0 Å². The van der Waals surface area contributed by atoms with Gasteiger partial charge in [-0.1, -0.05) is 61.0 Å². The van der Waals surface area contributed by atoms with Gasteiger partial charge in [-0.15, -0.1) is 0 Å². The first kappa shape index (κ1) is 20.0. The van der Waals surface area contributed by atoms with Crippen molar-refractivity contribution in [1.29, 1.82) is 0 Å². The van der Waals surface area contributed by atoms with Crippen LogP contribution in [0.1, 0.15) is 36.1 Å². The van der Waals surface area contributed by atoms with Crippen molar-refractivity contribution < 1.29 is 0 Å². The number of hydrogen-bond donors (Lipinski definition) is 0. The maximum atomic E-state index is 4.79. The van der Waals surface area contributed by atoms with E-state index >= 15 is 0 Å². The van der Waals surface area contributed by atoms with Gasteiger partial charge < -0.3 is 0 Å². The molecule has 0 aliphatic heterocycles. The predicted molar refractivity (Wildman–Crippen MR) is 125 cm³/mol. The van der Waals surface area contributed by atoms with Crippen molar-refractivity contribution in [2.45, 2.75) is 39.0 Å². The van der Waals surface area contributed by atoms with Crippen molar-refractivity contribution in [2.75, 3.05) is 0 Å². The van der Waals surface area contributed by atoms with Crippen molar-refractivity contribution >= 4 is 0 Å². The quantitative estimate of drug-likeness (QED) is 0.300. The SMILES string of the molecule is Cc1cc(-c2ccccn2)cc(-c2cccc(CCCCCc3ccccc3)c2)n1. The molecule has 2 nitrogen and oxygen atoms in total. The van der Waals surface area contributed by atoms with E-state index < -0.39 is 0 Å². The second kappa shape index (κ2) is 9.98. The Kier molecular flexibility index (Phi) is 6.66. The first-order valence-electron chi connectivity index (χ1n) is 10.8. The molecule has 0 bridgehead atoms. The number of nitrogens with zero attached hydrogens (tertiary/aromatic N) is 2. The molecule has 30 heavy (non-hydrogen) atoms.